The molecular weight excluding hydrogens is 839 g/mol. The van der Waals surface area contributed by atoms with Crippen LogP contribution in [-0.2, 0) is 14.3 Å². The number of aliphatic hydroxyl groups is 2. The number of amides is 1. The molecule has 0 aliphatic carbocycles. The molecule has 0 aromatic carbocycles. The standard InChI is InChI=1S/C62H115NO5/c1-3-5-7-9-11-13-15-17-19-21-24-28-32-36-40-44-48-52-56-62(67)68-57-53-49-45-41-37-33-29-25-22-23-27-31-35-39-43-47-51-55-61(66)63-59(58-64)60(65)54-50-46-42-38-34-30-26-20-18-16-14-12-10-8-6-4-2/h13,15,19,21-22,25,33,37,59-60,64-65H,3-12,14,16-18,20,23-24,26-32,34-36,38-58H2,1-2H3,(H,63,66)/b15-13-,21-19-,25-22-,37-33-. The Morgan fingerprint density at radius 3 is 1.13 bits per heavy atom. The number of hydrogen-bond donors (Lipinski definition) is 3. The molecule has 68 heavy (non-hydrogen) atoms. The van der Waals surface area contributed by atoms with Crippen LogP contribution in [0.25, 0.3) is 0 Å². The molecular formula is C62H115NO5. The van der Waals surface area contributed by atoms with E-state index >= 15 is 0 Å². The number of hydrogen-bond acceptors (Lipinski definition) is 5. The molecule has 0 spiro atoms. The van der Waals surface area contributed by atoms with Gasteiger partial charge in [0.1, 0.15) is 0 Å². The highest BCUT2D eigenvalue weighted by molar-refractivity contribution is 5.76. The zero-order chi connectivity index (χ0) is 49.3. The van der Waals surface area contributed by atoms with Crippen molar-refractivity contribution < 1.29 is 24.5 Å². The van der Waals surface area contributed by atoms with Gasteiger partial charge in [0, 0.05) is 12.8 Å². The number of ether oxygens (including phenoxy) is 1. The Morgan fingerprint density at radius 2 is 0.735 bits per heavy atom. The summed E-state index contributed by atoms with van der Waals surface area (Å²) < 4.78 is 5.46. The summed E-state index contributed by atoms with van der Waals surface area (Å²) in [6, 6.07) is -0.555. The fourth-order valence-corrected chi connectivity index (χ4v) is 8.99. The molecule has 0 aromatic rings. The van der Waals surface area contributed by atoms with Gasteiger partial charge in [-0.15, -0.1) is 0 Å². The predicted molar refractivity (Wildman–Crippen MR) is 296 cm³/mol. The van der Waals surface area contributed by atoms with Crippen LogP contribution in [-0.4, -0.2) is 47.4 Å². The van der Waals surface area contributed by atoms with E-state index in [1.54, 1.807) is 0 Å². The molecule has 3 N–H and O–H groups in total. The fraction of sp³-hybridized carbons (Fsp3) is 0.839. The molecule has 0 saturated carbocycles. The molecule has 2 unspecified atom stereocenters. The van der Waals surface area contributed by atoms with Crippen LogP contribution in [0, 0.1) is 0 Å². The first-order valence-corrected chi connectivity index (χ1v) is 29.9. The van der Waals surface area contributed by atoms with Crippen LogP contribution in [0.15, 0.2) is 48.6 Å². The van der Waals surface area contributed by atoms with Crippen molar-refractivity contribution in [3.05, 3.63) is 48.6 Å². The van der Waals surface area contributed by atoms with E-state index in [1.165, 1.54) is 186 Å². The van der Waals surface area contributed by atoms with E-state index in [9.17, 15) is 19.8 Å². The topological polar surface area (TPSA) is 95.9 Å². The Balaban J connectivity index is 3.50. The van der Waals surface area contributed by atoms with Crippen molar-refractivity contribution in [2.45, 2.75) is 321 Å². The lowest BCUT2D eigenvalue weighted by molar-refractivity contribution is -0.143. The van der Waals surface area contributed by atoms with Gasteiger partial charge in [0.2, 0.25) is 5.91 Å². The Labute approximate surface area is 423 Å². The van der Waals surface area contributed by atoms with Gasteiger partial charge >= 0.3 is 5.97 Å². The molecule has 0 rings (SSSR count). The van der Waals surface area contributed by atoms with E-state index in [0.29, 0.717) is 25.9 Å². The largest absolute Gasteiger partial charge is 0.466 e. The Kier molecular flexibility index (Phi) is 55.6. The number of aliphatic hydroxyl groups excluding tert-OH is 2. The smallest absolute Gasteiger partial charge is 0.305 e. The molecule has 0 aliphatic heterocycles. The maximum atomic E-state index is 12.5. The highest BCUT2D eigenvalue weighted by atomic mass is 16.5. The van der Waals surface area contributed by atoms with E-state index in [1.807, 2.05) is 0 Å². The van der Waals surface area contributed by atoms with Crippen LogP contribution >= 0.6 is 0 Å². The maximum absolute atomic E-state index is 12.5. The molecule has 0 aliphatic rings. The molecule has 0 aromatic heterocycles. The zero-order valence-corrected chi connectivity index (χ0v) is 45.3. The lowest BCUT2D eigenvalue weighted by atomic mass is 10.0. The molecule has 0 saturated heterocycles. The Morgan fingerprint density at radius 1 is 0.412 bits per heavy atom. The summed E-state index contributed by atoms with van der Waals surface area (Å²) in [5, 5.41) is 23.3. The quantitative estimate of drug-likeness (QED) is 0.0321. The number of carbonyl (C=O) groups excluding carboxylic acids is 2. The van der Waals surface area contributed by atoms with Crippen molar-refractivity contribution in [2.24, 2.45) is 0 Å². The van der Waals surface area contributed by atoms with Gasteiger partial charge in [0.05, 0.1) is 25.4 Å². The van der Waals surface area contributed by atoms with E-state index < -0.39 is 12.1 Å². The first-order chi connectivity index (χ1) is 33.5. The summed E-state index contributed by atoms with van der Waals surface area (Å²) >= 11 is 0. The lowest BCUT2D eigenvalue weighted by Gasteiger charge is -2.22. The second-order valence-corrected chi connectivity index (χ2v) is 20.3. The minimum Gasteiger partial charge on any atom is -0.466 e. The molecule has 6 heteroatoms. The summed E-state index contributed by atoms with van der Waals surface area (Å²) in [5.41, 5.74) is 0. The third kappa shape index (κ3) is 53.2. The molecule has 0 fully saturated rings. The average molecular weight is 955 g/mol. The maximum Gasteiger partial charge on any atom is 0.305 e. The van der Waals surface area contributed by atoms with Crippen LogP contribution in [0.3, 0.4) is 0 Å². The van der Waals surface area contributed by atoms with Gasteiger partial charge in [-0.05, 0) is 96.3 Å². The predicted octanol–water partition coefficient (Wildman–Crippen LogP) is 18.6. The SMILES string of the molecule is CCCCCC/C=C\C/C=C\CCCCCCCCCC(=O)OCCCCC/C=C\C/C=C\CCCCCCCCCC(=O)NC(CO)C(O)CCCCCCCCCCCCCCCCCC. The van der Waals surface area contributed by atoms with E-state index in [2.05, 4.69) is 67.8 Å². The number of unbranched alkanes of at least 4 members (excludes halogenated alkanes) is 36. The van der Waals surface area contributed by atoms with E-state index in [-0.39, 0.29) is 18.5 Å². The minimum atomic E-state index is -0.676. The van der Waals surface area contributed by atoms with Crippen molar-refractivity contribution in [1.29, 1.82) is 0 Å². The van der Waals surface area contributed by atoms with Crippen molar-refractivity contribution in [1.82, 2.24) is 5.32 Å². The van der Waals surface area contributed by atoms with Gasteiger partial charge in [0.15, 0.2) is 0 Å². The van der Waals surface area contributed by atoms with E-state index in [0.717, 1.165) is 89.9 Å². The van der Waals surface area contributed by atoms with Crippen LogP contribution in [0.5, 0.6) is 0 Å². The second-order valence-electron chi connectivity index (χ2n) is 20.3. The van der Waals surface area contributed by atoms with Crippen LogP contribution < -0.4 is 5.32 Å². The van der Waals surface area contributed by atoms with Crippen molar-refractivity contribution in [3.63, 3.8) is 0 Å². The second kappa shape index (κ2) is 57.4. The van der Waals surface area contributed by atoms with Gasteiger partial charge in [-0.1, -0.05) is 249 Å². The molecule has 398 valence electrons. The van der Waals surface area contributed by atoms with Gasteiger partial charge < -0.3 is 20.3 Å². The highest BCUT2D eigenvalue weighted by Crippen LogP contribution is 2.17. The summed E-state index contributed by atoms with van der Waals surface area (Å²) in [7, 11) is 0. The zero-order valence-electron chi connectivity index (χ0n) is 45.3. The normalized spacial score (nSPS) is 12.9. The molecule has 0 radical (unpaired) electrons. The number of esters is 1. The van der Waals surface area contributed by atoms with Crippen LogP contribution in [0.2, 0.25) is 0 Å². The third-order valence-corrected chi connectivity index (χ3v) is 13.6. The monoisotopic (exact) mass is 954 g/mol. The first-order valence-electron chi connectivity index (χ1n) is 29.9. The Bertz CT molecular complexity index is 1150. The lowest BCUT2D eigenvalue weighted by Crippen LogP contribution is -2.45. The molecule has 0 heterocycles. The molecule has 1 amide bonds. The number of allylic oxidation sites excluding steroid dienone is 8. The van der Waals surface area contributed by atoms with Gasteiger partial charge in [0.25, 0.3) is 0 Å². The summed E-state index contributed by atoms with van der Waals surface area (Å²) in [6.45, 7) is 4.90. The molecule has 2 atom stereocenters. The van der Waals surface area contributed by atoms with Gasteiger partial charge in [-0.3, -0.25) is 9.59 Å². The number of rotatable bonds is 55. The summed E-state index contributed by atoms with van der Waals surface area (Å²) in [6.07, 6.45) is 72.4. The Hall–Kier alpha value is -2.18. The van der Waals surface area contributed by atoms with Crippen molar-refractivity contribution in [3.8, 4) is 0 Å². The van der Waals surface area contributed by atoms with Gasteiger partial charge in [-0.2, -0.15) is 0 Å². The molecule has 6 nitrogen and oxygen atoms in total. The highest BCUT2D eigenvalue weighted by Gasteiger charge is 2.20. The fourth-order valence-electron chi connectivity index (χ4n) is 8.99. The molecule has 0 bridgehead atoms. The minimum absolute atomic E-state index is 0.0230. The van der Waals surface area contributed by atoms with Crippen molar-refractivity contribution in [2.75, 3.05) is 13.2 Å². The number of carbonyl (C=O) groups is 2. The average Bonchev–Trinajstić information content (AvgIpc) is 3.34. The van der Waals surface area contributed by atoms with Crippen LogP contribution in [0.1, 0.15) is 309 Å². The van der Waals surface area contributed by atoms with E-state index in [4.69, 9.17) is 4.74 Å². The summed E-state index contributed by atoms with van der Waals surface area (Å²) in [4.78, 5) is 24.5. The van der Waals surface area contributed by atoms with Gasteiger partial charge in [-0.25, -0.2) is 0 Å². The third-order valence-electron chi connectivity index (χ3n) is 13.6. The number of nitrogens with one attached hydrogen (secondary N) is 1. The first kappa shape index (κ1) is 65.8. The van der Waals surface area contributed by atoms with Crippen molar-refractivity contribution >= 4 is 11.9 Å². The van der Waals surface area contributed by atoms with Crippen LogP contribution in [0.4, 0.5) is 0 Å². The summed E-state index contributed by atoms with van der Waals surface area (Å²) in [5.74, 6) is -0.0737.